The Morgan fingerprint density at radius 3 is 2.42 bits per heavy atom. The Hall–Kier alpha value is -0.510. The molecule has 0 aliphatic rings. The molecule has 66 valence electrons. The fourth-order valence-corrected chi connectivity index (χ4v) is 1.34. The quantitative estimate of drug-likeness (QED) is 0.698. The van der Waals surface area contributed by atoms with E-state index in [1.54, 1.807) is 0 Å². The molecule has 0 atom stereocenters. The monoisotopic (exact) mass is 238 g/mol. The first kappa shape index (κ1) is 9.58. The smallest absolute Gasteiger partial charge is 0.207 e. The normalized spacial score (nSPS) is 10.8. The van der Waals surface area contributed by atoms with E-state index in [0.717, 1.165) is 0 Å². The van der Waals surface area contributed by atoms with E-state index in [2.05, 4.69) is 15.9 Å². The van der Waals surface area contributed by atoms with Crippen LogP contribution in [0.25, 0.3) is 0 Å². The Balaban J connectivity index is 3.28. The zero-order valence-electron chi connectivity index (χ0n) is 6.24. The molecule has 0 radical (unpaired) electrons. The zero-order valence-corrected chi connectivity index (χ0v) is 7.83. The van der Waals surface area contributed by atoms with Crippen molar-refractivity contribution < 1.29 is 13.2 Å². The van der Waals surface area contributed by atoms with Crippen LogP contribution in [0, 0.1) is 12.7 Å². The Morgan fingerprint density at radius 1 is 1.33 bits per heavy atom. The van der Waals surface area contributed by atoms with Gasteiger partial charge in [0.05, 0.1) is 0 Å². The van der Waals surface area contributed by atoms with Crippen molar-refractivity contribution in [3.63, 3.8) is 0 Å². The van der Waals surface area contributed by atoms with Crippen LogP contribution in [0.5, 0.6) is 0 Å². The molecule has 12 heavy (non-hydrogen) atoms. The zero-order chi connectivity index (χ0) is 9.30. The fourth-order valence-electron chi connectivity index (χ4n) is 0.892. The van der Waals surface area contributed by atoms with Gasteiger partial charge in [0.25, 0.3) is 6.43 Å². The van der Waals surface area contributed by atoms with Crippen LogP contribution < -0.4 is 0 Å². The van der Waals surface area contributed by atoms with Gasteiger partial charge in [0.2, 0.25) is 0 Å². The molecule has 0 aromatic heterocycles. The Morgan fingerprint density at radius 2 is 1.92 bits per heavy atom. The topological polar surface area (TPSA) is 0 Å². The van der Waals surface area contributed by atoms with Crippen LogP contribution in [0.2, 0.25) is 0 Å². The molecular weight excluding hydrogens is 233 g/mol. The molecule has 0 heterocycles. The van der Waals surface area contributed by atoms with E-state index in [1.807, 2.05) is 0 Å². The van der Waals surface area contributed by atoms with Gasteiger partial charge in [0.15, 0.2) is 0 Å². The van der Waals surface area contributed by atoms with E-state index in [1.165, 1.54) is 19.1 Å². The van der Waals surface area contributed by atoms with E-state index < -0.39 is 12.2 Å². The maximum Gasteiger partial charge on any atom is 0.264 e. The molecule has 0 aliphatic heterocycles. The number of hydrogen-bond acceptors (Lipinski definition) is 0. The van der Waals surface area contributed by atoms with Crippen molar-refractivity contribution in [2.75, 3.05) is 0 Å². The Labute approximate surface area is 76.5 Å². The van der Waals surface area contributed by atoms with E-state index in [0.29, 0.717) is 4.47 Å². The van der Waals surface area contributed by atoms with Gasteiger partial charge in [-0.1, -0.05) is 15.9 Å². The largest absolute Gasteiger partial charge is 0.264 e. The molecule has 0 saturated carbocycles. The van der Waals surface area contributed by atoms with Gasteiger partial charge in [-0.25, -0.2) is 13.2 Å². The van der Waals surface area contributed by atoms with Crippen molar-refractivity contribution >= 4 is 15.9 Å². The van der Waals surface area contributed by atoms with Crippen molar-refractivity contribution in [2.24, 2.45) is 0 Å². The third kappa shape index (κ3) is 1.80. The average molecular weight is 239 g/mol. The standard InChI is InChI=1S/C8H6BrF3/c1-4-6(8(11)12)2-5(9)3-7(4)10/h2-3,8H,1H3. The van der Waals surface area contributed by atoms with Gasteiger partial charge in [0, 0.05) is 10.0 Å². The summed E-state index contributed by atoms with van der Waals surface area (Å²) < 4.78 is 37.6. The van der Waals surface area contributed by atoms with Crippen LogP contribution in [0.3, 0.4) is 0 Å². The highest BCUT2D eigenvalue weighted by Crippen LogP contribution is 2.27. The van der Waals surface area contributed by atoms with E-state index in [9.17, 15) is 13.2 Å². The third-order valence-corrected chi connectivity index (χ3v) is 2.04. The summed E-state index contributed by atoms with van der Waals surface area (Å²) in [6.07, 6.45) is -2.63. The van der Waals surface area contributed by atoms with Crippen molar-refractivity contribution in [3.05, 3.63) is 33.5 Å². The fraction of sp³-hybridized carbons (Fsp3) is 0.250. The molecular formula is C8H6BrF3. The third-order valence-electron chi connectivity index (χ3n) is 1.58. The average Bonchev–Trinajstić information content (AvgIpc) is 1.96. The van der Waals surface area contributed by atoms with Crippen LogP contribution in [0.4, 0.5) is 13.2 Å². The molecule has 0 bridgehead atoms. The Kier molecular flexibility index (Phi) is 2.77. The minimum atomic E-state index is -2.63. The summed E-state index contributed by atoms with van der Waals surface area (Å²) in [4.78, 5) is 0. The molecule has 0 fully saturated rings. The lowest BCUT2D eigenvalue weighted by molar-refractivity contribution is 0.150. The highest BCUT2D eigenvalue weighted by molar-refractivity contribution is 9.10. The minimum absolute atomic E-state index is 0.00759. The second-order valence-corrected chi connectivity index (χ2v) is 3.32. The van der Waals surface area contributed by atoms with Crippen molar-refractivity contribution in [2.45, 2.75) is 13.3 Å². The highest BCUT2D eigenvalue weighted by atomic mass is 79.9. The number of hydrogen-bond donors (Lipinski definition) is 0. The Bertz CT molecular complexity index is 297. The number of alkyl halides is 2. The minimum Gasteiger partial charge on any atom is -0.207 e. The lowest BCUT2D eigenvalue weighted by atomic mass is 10.1. The van der Waals surface area contributed by atoms with Crippen LogP contribution >= 0.6 is 15.9 Å². The lowest BCUT2D eigenvalue weighted by Gasteiger charge is -2.05. The molecule has 0 nitrogen and oxygen atoms in total. The van der Waals surface area contributed by atoms with Crippen molar-refractivity contribution in [1.29, 1.82) is 0 Å². The summed E-state index contributed by atoms with van der Waals surface area (Å²) in [5.41, 5.74) is -0.255. The second-order valence-electron chi connectivity index (χ2n) is 2.40. The van der Waals surface area contributed by atoms with Crippen LogP contribution in [-0.2, 0) is 0 Å². The van der Waals surface area contributed by atoms with Gasteiger partial charge in [-0.2, -0.15) is 0 Å². The van der Waals surface area contributed by atoms with Crippen LogP contribution in [0.15, 0.2) is 16.6 Å². The maximum absolute atomic E-state index is 12.8. The van der Waals surface area contributed by atoms with E-state index in [4.69, 9.17) is 0 Å². The number of halogens is 4. The van der Waals surface area contributed by atoms with Gasteiger partial charge in [-0.05, 0) is 24.6 Å². The van der Waals surface area contributed by atoms with E-state index in [-0.39, 0.29) is 11.1 Å². The first-order valence-corrected chi connectivity index (χ1v) is 4.05. The van der Waals surface area contributed by atoms with Gasteiger partial charge < -0.3 is 0 Å². The predicted molar refractivity (Wildman–Crippen MR) is 43.8 cm³/mol. The molecule has 1 rings (SSSR count). The molecule has 0 amide bonds. The summed E-state index contributed by atoms with van der Waals surface area (Å²) in [6.45, 7) is 1.34. The first-order chi connectivity index (χ1) is 5.52. The maximum atomic E-state index is 12.8. The van der Waals surface area contributed by atoms with Gasteiger partial charge in [0.1, 0.15) is 5.82 Å². The number of benzene rings is 1. The SMILES string of the molecule is Cc1c(F)cc(Br)cc1C(F)F. The molecule has 0 unspecified atom stereocenters. The summed E-state index contributed by atoms with van der Waals surface area (Å²) >= 11 is 2.94. The molecule has 0 spiro atoms. The summed E-state index contributed by atoms with van der Waals surface area (Å²) in [5.74, 6) is -0.611. The molecule has 0 N–H and O–H groups in total. The molecule has 1 aromatic carbocycles. The molecule has 0 aliphatic carbocycles. The molecule has 0 saturated heterocycles. The second kappa shape index (κ2) is 3.47. The van der Waals surface area contributed by atoms with Crippen molar-refractivity contribution in [1.82, 2.24) is 0 Å². The van der Waals surface area contributed by atoms with Crippen LogP contribution in [-0.4, -0.2) is 0 Å². The summed E-state index contributed by atoms with van der Waals surface area (Å²) in [6, 6.07) is 2.39. The van der Waals surface area contributed by atoms with Gasteiger partial charge >= 0.3 is 0 Å². The summed E-state index contributed by atoms with van der Waals surface area (Å²) in [5, 5.41) is 0. The highest BCUT2D eigenvalue weighted by Gasteiger charge is 2.14. The molecule has 1 aromatic rings. The molecule has 4 heteroatoms. The number of rotatable bonds is 1. The first-order valence-electron chi connectivity index (χ1n) is 3.26. The van der Waals surface area contributed by atoms with E-state index >= 15 is 0 Å². The van der Waals surface area contributed by atoms with Crippen LogP contribution in [0.1, 0.15) is 17.6 Å². The predicted octanol–water partition coefficient (Wildman–Crippen LogP) is 3.83. The van der Waals surface area contributed by atoms with Crippen molar-refractivity contribution in [3.8, 4) is 0 Å². The lowest BCUT2D eigenvalue weighted by Crippen LogP contribution is -1.93. The van der Waals surface area contributed by atoms with Gasteiger partial charge in [-0.15, -0.1) is 0 Å². The van der Waals surface area contributed by atoms with Gasteiger partial charge in [-0.3, -0.25) is 0 Å². The summed E-state index contributed by atoms with van der Waals surface area (Å²) in [7, 11) is 0.